The number of carbonyl (C=O) groups excluding carboxylic acids is 2. The molecule has 0 spiro atoms. The van der Waals surface area contributed by atoms with Crippen LogP contribution in [0.25, 0.3) is 0 Å². The van der Waals surface area contributed by atoms with E-state index in [9.17, 15) is 14.7 Å². The van der Waals surface area contributed by atoms with Gasteiger partial charge in [0.25, 0.3) is 0 Å². The molecular formula is C14H18ClNO3S. The lowest BCUT2D eigenvalue weighted by molar-refractivity contribution is -0.122. The van der Waals surface area contributed by atoms with E-state index in [1.165, 1.54) is 11.3 Å². The Hall–Kier alpha value is -0.910. The Morgan fingerprint density at radius 1 is 1.25 bits per heavy atom. The van der Waals surface area contributed by atoms with E-state index < -0.39 is 0 Å². The van der Waals surface area contributed by atoms with Gasteiger partial charge in [-0.3, -0.25) is 9.59 Å². The third-order valence-corrected chi connectivity index (χ3v) is 4.76. The minimum absolute atomic E-state index is 0.0453. The van der Waals surface area contributed by atoms with Crippen LogP contribution < -0.4 is 5.32 Å². The van der Waals surface area contributed by atoms with Crippen LogP contribution in [0.15, 0.2) is 12.1 Å². The largest absolute Gasteiger partial charge is 0.393 e. The predicted octanol–water partition coefficient (Wildman–Crippen LogP) is 2.78. The fourth-order valence-electron chi connectivity index (χ4n) is 2.33. The minimum Gasteiger partial charge on any atom is -0.393 e. The monoisotopic (exact) mass is 315 g/mol. The van der Waals surface area contributed by atoms with Gasteiger partial charge in [0.15, 0.2) is 5.78 Å². The van der Waals surface area contributed by atoms with Gasteiger partial charge in [-0.1, -0.05) is 11.6 Å². The highest BCUT2D eigenvalue weighted by molar-refractivity contribution is 7.18. The lowest BCUT2D eigenvalue weighted by Gasteiger charge is -2.26. The molecule has 1 aromatic rings. The Labute approximate surface area is 127 Å². The fourth-order valence-corrected chi connectivity index (χ4v) is 3.34. The minimum atomic E-state index is -0.228. The first-order chi connectivity index (χ1) is 9.54. The van der Waals surface area contributed by atoms with Crippen LogP contribution in [0.4, 0.5) is 0 Å². The van der Waals surface area contributed by atoms with Crippen LogP contribution in [-0.4, -0.2) is 28.9 Å². The molecule has 4 nitrogen and oxygen atoms in total. The van der Waals surface area contributed by atoms with Gasteiger partial charge in [-0.25, -0.2) is 0 Å². The number of ketones is 1. The zero-order valence-corrected chi connectivity index (χ0v) is 12.7. The standard InChI is InChI=1S/C14H18ClNO3S/c15-13-7-6-12(20-13)11(18)5-8-14(19)16-9-1-3-10(17)4-2-9/h6-7,9-10,17H,1-5,8H2,(H,16,19). The molecule has 0 unspecified atom stereocenters. The van der Waals surface area contributed by atoms with Gasteiger partial charge in [0.2, 0.25) is 5.91 Å². The van der Waals surface area contributed by atoms with Crippen LogP contribution in [0.1, 0.15) is 48.2 Å². The van der Waals surface area contributed by atoms with Crippen LogP contribution in [0.3, 0.4) is 0 Å². The second-order valence-electron chi connectivity index (χ2n) is 5.10. The molecule has 1 saturated carbocycles. The van der Waals surface area contributed by atoms with Crippen LogP contribution in [0, 0.1) is 0 Å². The van der Waals surface area contributed by atoms with Crippen molar-refractivity contribution in [1.82, 2.24) is 5.32 Å². The third kappa shape index (κ3) is 4.58. The van der Waals surface area contributed by atoms with Gasteiger partial charge in [0, 0.05) is 18.9 Å². The van der Waals surface area contributed by atoms with Crippen LogP contribution >= 0.6 is 22.9 Å². The van der Waals surface area contributed by atoms with Gasteiger partial charge < -0.3 is 10.4 Å². The number of rotatable bonds is 5. The number of nitrogens with one attached hydrogen (secondary N) is 1. The molecule has 0 aromatic carbocycles. The maximum Gasteiger partial charge on any atom is 0.220 e. The summed E-state index contributed by atoms with van der Waals surface area (Å²) in [7, 11) is 0. The number of halogens is 1. The molecule has 0 bridgehead atoms. The van der Waals surface area contributed by atoms with Gasteiger partial charge in [0.05, 0.1) is 15.3 Å². The van der Waals surface area contributed by atoms with Crippen LogP contribution in [0.2, 0.25) is 4.34 Å². The third-order valence-electron chi connectivity index (χ3n) is 3.49. The van der Waals surface area contributed by atoms with E-state index >= 15 is 0 Å². The molecule has 1 fully saturated rings. The highest BCUT2D eigenvalue weighted by atomic mass is 35.5. The SMILES string of the molecule is O=C(CCC(=O)c1ccc(Cl)s1)NC1CCC(O)CC1. The van der Waals surface area contributed by atoms with Crippen LogP contribution in [0.5, 0.6) is 0 Å². The zero-order chi connectivity index (χ0) is 14.5. The summed E-state index contributed by atoms with van der Waals surface area (Å²) in [4.78, 5) is 24.2. The Bertz CT molecular complexity index is 481. The summed E-state index contributed by atoms with van der Waals surface area (Å²) in [5, 5.41) is 12.3. The molecule has 1 amide bonds. The number of amides is 1. The van der Waals surface area contributed by atoms with Gasteiger partial charge in [-0.15, -0.1) is 11.3 Å². The molecule has 0 atom stereocenters. The summed E-state index contributed by atoms with van der Waals surface area (Å²) in [5.74, 6) is -0.140. The number of aliphatic hydroxyl groups is 1. The maximum absolute atomic E-state index is 11.8. The quantitative estimate of drug-likeness (QED) is 0.821. The number of thiophene rings is 1. The topological polar surface area (TPSA) is 66.4 Å². The molecule has 0 saturated heterocycles. The van der Waals surface area contributed by atoms with Crippen molar-refractivity contribution in [2.75, 3.05) is 0 Å². The van der Waals surface area contributed by atoms with Crippen molar-refractivity contribution in [3.63, 3.8) is 0 Å². The normalized spacial score (nSPS) is 22.5. The molecule has 110 valence electrons. The summed E-state index contributed by atoms with van der Waals surface area (Å²) >= 11 is 7.01. The second kappa shape index (κ2) is 7.20. The summed E-state index contributed by atoms with van der Waals surface area (Å²) in [6, 6.07) is 3.51. The number of hydrogen-bond donors (Lipinski definition) is 2. The van der Waals surface area contributed by atoms with Crippen LogP contribution in [-0.2, 0) is 4.79 Å². The van der Waals surface area contributed by atoms with E-state index in [4.69, 9.17) is 11.6 Å². The number of carbonyl (C=O) groups is 2. The molecule has 2 N–H and O–H groups in total. The predicted molar refractivity (Wildman–Crippen MR) is 79.3 cm³/mol. The highest BCUT2D eigenvalue weighted by Gasteiger charge is 2.21. The smallest absolute Gasteiger partial charge is 0.220 e. The van der Waals surface area contributed by atoms with Gasteiger partial charge in [0.1, 0.15) is 0 Å². The zero-order valence-electron chi connectivity index (χ0n) is 11.1. The summed E-state index contributed by atoms with van der Waals surface area (Å²) in [6.07, 6.45) is 3.26. The molecule has 1 aliphatic rings. The Balaban J connectivity index is 1.71. The summed E-state index contributed by atoms with van der Waals surface area (Å²) in [5.41, 5.74) is 0. The lowest BCUT2D eigenvalue weighted by atomic mass is 9.93. The van der Waals surface area contributed by atoms with E-state index in [2.05, 4.69) is 5.32 Å². The van der Waals surface area contributed by atoms with E-state index in [1.54, 1.807) is 12.1 Å². The van der Waals surface area contributed by atoms with Gasteiger partial charge in [-0.05, 0) is 37.8 Å². The number of hydrogen-bond acceptors (Lipinski definition) is 4. The molecular weight excluding hydrogens is 298 g/mol. The number of Topliss-reactive ketones (excluding diaryl/α,β-unsaturated/α-hetero) is 1. The molecule has 0 radical (unpaired) electrons. The summed E-state index contributed by atoms with van der Waals surface area (Å²) in [6.45, 7) is 0. The first-order valence-electron chi connectivity index (χ1n) is 6.80. The van der Waals surface area contributed by atoms with Crippen molar-refractivity contribution in [3.05, 3.63) is 21.3 Å². The first kappa shape index (κ1) is 15.5. The van der Waals surface area contributed by atoms with Crippen molar-refractivity contribution in [2.45, 2.75) is 50.7 Å². The average Bonchev–Trinajstić information content (AvgIpc) is 2.85. The molecule has 1 aromatic heterocycles. The molecule has 0 aliphatic heterocycles. The van der Waals surface area contributed by atoms with E-state index in [-0.39, 0.29) is 36.7 Å². The lowest BCUT2D eigenvalue weighted by Crippen LogP contribution is -2.38. The fraction of sp³-hybridized carbons (Fsp3) is 0.571. The summed E-state index contributed by atoms with van der Waals surface area (Å²) < 4.78 is 0.582. The van der Waals surface area contributed by atoms with Crippen molar-refractivity contribution in [1.29, 1.82) is 0 Å². The first-order valence-corrected chi connectivity index (χ1v) is 8.00. The van der Waals surface area contributed by atoms with E-state index in [1.807, 2.05) is 0 Å². The molecule has 1 heterocycles. The Morgan fingerprint density at radius 3 is 2.55 bits per heavy atom. The van der Waals surface area contributed by atoms with Crippen molar-refractivity contribution in [3.8, 4) is 0 Å². The van der Waals surface area contributed by atoms with E-state index in [0.717, 1.165) is 25.7 Å². The Kier molecular flexibility index (Phi) is 5.57. The molecule has 2 rings (SSSR count). The van der Waals surface area contributed by atoms with Gasteiger partial charge >= 0.3 is 0 Å². The van der Waals surface area contributed by atoms with Gasteiger partial charge in [-0.2, -0.15) is 0 Å². The van der Waals surface area contributed by atoms with E-state index in [0.29, 0.717) is 9.21 Å². The van der Waals surface area contributed by atoms with Crippen molar-refractivity contribution in [2.24, 2.45) is 0 Å². The molecule has 1 aliphatic carbocycles. The average molecular weight is 316 g/mol. The molecule has 20 heavy (non-hydrogen) atoms. The maximum atomic E-state index is 11.8. The van der Waals surface area contributed by atoms with Crippen molar-refractivity contribution < 1.29 is 14.7 Å². The Morgan fingerprint density at radius 2 is 1.95 bits per heavy atom. The molecule has 6 heteroatoms. The highest BCUT2D eigenvalue weighted by Crippen LogP contribution is 2.23. The second-order valence-corrected chi connectivity index (χ2v) is 6.81. The number of aliphatic hydroxyl groups excluding tert-OH is 1. The van der Waals surface area contributed by atoms with Crippen molar-refractivity contribution >= 4 is 34.6 Å².